The molecular weight excluding hydrogens is 583 g/mol. The van der Waals surface area contributed by atoms with Crippen molar-refractivity contribution in [2.75, 3.05) is 29.7 Å². The van der Waals surface area contributed by atoms with Crippen LogP contribution in [-0.4, -0.2) is 55.2 Å². The zero-order valence-corrected chi connectivity index (χ0v) is 22.2. The van der Waals surface area contributed by atoms with Crippen molar-refractivity contribution in [1.29, 1.82) is 0 Å². The second-order valence-corrected chi connectivity index (χ2v) is 10.7. The van der Waals surface area contributed by atoms with Crippen molar-refractivity contribution in [3.8, 4) is 0 Å². The largest absolute Gasteiger partial charge is 0.490 e. The maximum Gasteiger partial charge on any atom is 0.490 e. The van der Waals surface area contributed by atoms with Gasteiger partial charge in [-0.25, -0.2) is 22.6 Å². The number of nitrogens with one attached hydrogen (secondary N) is 2. The van der Waals surface area contributed by atoms with Gasteiger partial charge in [-0.1, -0.05) is 48.0 Å². The Bertz CT molecular complexity index is 1420. The van der Waals surface area contributed by atoms with Gasteiger partial charge in [-0.05, 0) is 55.8 Å². The Morgan fingerprint density at radius 1 is 1.05 bits per heavy atom. The molecule has 0 radical (unpaired) electrons. The topological polar surface area (TPSA) is 112 Å². The highest BCUT2D eigenvalue weighted by Crippen LogP contribution is 2.32. The van der Waals surface area contributed by atoms with Crippen molar-refractivity contribution in [3.63, 3.8) is 0 Å². The highest BCUT2D eigenvalue weighted by Gasteiger charge is 2.38. The van der Waals surface area contributed by atoms with Gasteiger partial charge in [0, 0.05) is 6.54 Å². The maximum atomic E-state index is 14.9. The Morgan fingerprint density at radius 2 is 1.68 bits per heavy atom. The molecule has 3 aromatic rings. The van der Waals surface area contributed by atoms with E-state index in [0.717, 1.165) is 49.7 Å². The zero-order chi connectivity index (χ0) is 29.5. The van der Waals surface area contributed by atoms with Gasteiger partial charge in [0.15, 0.2) is 0 Å². The number of rotatable bonds is 8. The second kappa shape index (κ2) is 13.2. The van der Waals surface area contributed by atoms with Gasteiger partial charge in [0.2, 0.25) is 5.95 Å². The van der Waals surface area contributed by atoms with Gasteiger partial charge in [-0.3, -0.25) is 4.72 Å². The SMILES string of the molecule is O=C(O)C(F)(F)F.O=S(=O)(Nc1cccc(F)n1)c1cc(Cl)c(NC(CN2CCCC2)c2ccccc2)cc1F. The summed E-state index contributed by atoms with van der Waals surface area (Å²) >= 11 is 6.37. The van der Waals surface area contributed by atoms with Gasteiger partial charge in [0.1, 0.15) is 16.5 Å². The lowest BCUT2D eigenvalue weighted by Gasteiger charge is -2.26. The molecule has 3 N–H and O–H groups in total. The molecule has 1 atom stereocenters. The molecule has 40 heavy (non-hydrogen) atoms. The minimum Gasteiger partial charge on any atom is -0.475 e. The summed E-state index contributed by atoms with van der Waals surface area (Å²) in [5.41, 5.74) is 1.29. The van der Waals surface area contributed by atoms with Crippen LogP contribution < -0.4 is 10.0 Å². The predicted octanol–water partition coefficient (Wildman–Crippen LogP) is 5.70. The van der Waals surface area contributed by atoms with E-state index < -0.39 is 38.8 Å². The van der Waals surface area contributed by atoms with Crippen LogP contribution in [0.5, 0.6) is 0 Å². The van der Waals surface area contributed by atoms with Crippen LogP contribution in [0.15, 0.2) is 65.6 Å². The summed E-state index contributed by atoms with van der Waals surface area (Å²) in [5.74, 6) is -4.87. The van der Waals surface area contributed by atoms with Crippen LogP contribution >= 0.6 is 11.6 Å². The standard InChI is InChI=1S/C23H23ClF2N4O2S.C2HF3O2/c24-17-13-21(33(31,32)29-23-10-6-9-22(26)28-23)18(25)14-19(17)27-20(15-30-11-4-5-12-30)16-7-2-1-3-8-16;3-2(4,5)1(6)7/h1-3,6-10,13-14,20,27H,4-5,11-12,15H2,(H,28,29);(H,6,7). The quantitative estimate of drug-likeness (QED) is 0.223. The Kier molecular flexibility index (Phi) is 10.3. The molecule has 4 rings (SSSR count). The number of alkyl halides is 3. The van der Waals surface area contributed by atoms with E-state index in [9.17, 15) is 30.4 Å². The summed E-state index contributed by atoms with van der Waals surface area (Å²) in [5, 5.41) is 10.4. The predicted molar refractivity (Wildman–Crippen MR) is 139 cm³/mol. The molecule has 0 spiro atoms. The molecule has 1 aliphatic heterocycles. The molecule has 1 fully saturated rings. The van der Waals surface area contributed by atoms with E-state index in [4.69, 9.17) is 21.5 Å². The van der Waals surface area contributed by atoms with Crippen molar-refractivity contribution in [3.05, 3.63) is 83.0 Å². The molecular formula is C25H24ClF5N4O4S. The number of anilines is 2. The maximum absolute atomic E-state index is 14.9. The lowest BCUT2D eigenvalue weighted by atomic mass is 10.1. The minimum absolute atomic E-state index is 0.0475. The van der Waals surface area contributed by atoms with Gasteiger partial charge in [-0.2, -0.15) is 17.6 Å². The Hall–Kier alpha value is -3.49. The summed E-state index contributed by atoms with van der Waals surface area (Å²) in [6, 6.07) is 15.3. The lowest BCUT2D eigenvalue weighted by Crippen LogP contribution is -2.29. The molecule has 0 saturated carbocycles. The van der Waals surface area contributed by atoms with Crippen LogP contribution in [-0.2, 0) is 14.8 Å². The first-order chi connectivity index (χ1) is 18.8. The second-order valence-electron chi connectivity index (χ2n) is 8.63. The fraction of sp³-hybridized carbons (Fsp3) is 0.280. The van der Waals surface area contributed by atoms with Crippen LogP contribution in [0.3, 0.4) is 0 Å². The fourth-order valence-corrected chi connectivity index (χ4v) is 5.20. The summed E-state index contributed by atoms with van der Waals surface area (Å²) < 4.78 is 87.4. The molecule has 2 aromatic carbocycles. The number of hydrogen-bond donors (Lipinski definition) is 3. The van der Waals surface area contributed by atoms with E-state index in [2.05, 4.69) is 19.9 Å². The molecule has 216 valence electrons. The van der Waals surface area contributed by atoms with Crippen LogP contribution in [0.4, 0.5) is 33.5 Å². The summed E-state index contributed by atoms with van der Waals surface area (Å²) in [4.78, 5) is 14.0. The first-order valence-corrected chi connectivity index (χ1v) is 13.6. The first kappa shape index (κ1) is 31.0. The highest BCUT2D eigenvalue weighted by atomic mass is 35.5. The van der Waals surface area contributed by atoms with E-state index in [1.807, 2.05) is 30.3 Å². The molecule has 1 aliphatic rings. The van der Waals surface area contributed by atoms with Crippen LogP contribution in [0.25, 0.3) is 0 Å². The number of aliphatic carboxylic acids is 1. The highest BCUT2D eigenvalue weighted by molar-refractivity contribution is 7.92. The number of likely N-dealkylation sites (tertiary alicyclic amines) is 1. The lowest BCUT2D eigenvalue weighted by molar-refractivity contribution is -0.192. The molecule has 15 heteroatoms. The molecule has 1 aromatic heterocycles. The number of carboxylic acid groups (broad SMARTS) is 1. The molecule has 1 saturated heterocycles. The molecule has 0 amide bonds. The average Bonchev–Trinajstić information content (AvgIpc) is 3.39. The number of carboxylic acids is 1. The normalized spacial score (nSPS) is 14.7. The number of carbonyl (C=O) groups is 1. The van der Waals surface area contributed by atoms with Crippen LogP contribution in [0, 0.1) is 11.8 Å². The number of pyridine rings is 1. The van der Waals surface area contributed by atoms with Gasteiger partial charge < -0.3 is 15.3 Å². The number of nitrogens with zero attached hydrogens (tertiary/aromatic N) is 2. The van der Waals surface area contributed by atoms with Crippen molar-refractivity contribution in [2.45, 2.75) is 30.0 Å². The van der Waals surface area contributed by atoms with Gasteiger partial charge >= 0.3 is 12.1 Å². The number of aromatic nitrogens is 1. The van der Waals surface area contributed by atoms with Gasteiger partial charge in [0.25, 0.3) is 10.0 Å². The van der Waals surface area contributed by atoms with Crippen molar-refractivity contribution in [1.82, 2.24) is 9.88 Å². The van der Waals surface area contributed by atoms with Gasteiger partial charge in [-0.15, -0.1) is 0 Å². The molecule has 0 bridgehead atoms. The molecule has 2 heterocycles. The van der Waals surface area contributed by atoms with E-state index in [1.165, 1.54) is 12.1 Å². The average molecular weight is 607 g/mol. The summed E-state index contributed by atoms with van der Waals surface area (Å²) in [7, 11) is -4.37. The van der Waals surface area contributed by atoms with E-state index in [0.29, 0.717) is 6.54 Å². The smallest absolute Gasteiger partial charge is 0.475 e. The van der Waals surface area contributed by atoms with Crippen molar-refractivity contribution >= 4 is 39.1 Å². The van der Waals surface area contributed by atoms with Gasteiger partial charge in [0.05, 0.1) is 16.8 Å². The number of benzene rings is 2. The van der Waals surface area contributed by atoms with Crippen molar-refractivity contribution in [2.24, 2.45) is 0 Å². The third-order valence-electron chi connectivity index (χ3n) is 5.68. The fourth-order valence-electron chi connectivity index (χ4n) is 3.83. The summed E-state index contributed by atoms with van der Waals surface area (Å²) in [6.45, 7) is 2.68. The Labute approximate surface area is 231 Å². The number of hydrogen-bond acceptors (Lipinski definition) is 6. The molecule has 8 nitrogen and oxygen atoms in total. The number of sulfonamides is 1. The number of halogens is 6. The monoisotopic (exact) mass is 606 g/mol. The molecule has 1 unspecified atom stereocenters. The van der Waals surface area contributed by atoms with E-state index in [1.54, 1.807) is 0 Å². The summed E-state index contributed by atoms with van der Waals surface area (Å²) in [6.07, 6.45) is -2.81. The minimum atomic E-state index is -5.08. The molecule has 0 aliphatic carbocycles. The Morgan fingerprint density at radius 3 is 2.25 bits per heavy atom. The third-order valence-corrected chi connectivity index (χ3v) is 7.36. The van der Waals surface area contributed by atoms with Crippen LogP contribution in [0.2, 0.25) is 5.02 Å². The zero-order valence-electron chi connectivity index (χ0n) is 20.6. The van der Waals surface area contributed by atoms with Crippen LogP contribution in [0.1, 0.15) is 24.4 Å². The van der Waals surface area contributed by atoms with E-state index >= 15 is 0 Å². The third kappa shape index (κ3) is 8.76. The Balaban J connectivity index is 0.000000559. The first-order valence-electron chi connectivity index (χ1n) is 11.7. The van der Waals surface area contributed by atoms with Crippen molar-refractivity contribution < 1.29 is 40.3 Å². The van der Waals surface area contributed by atoms with E-state index in [-0.39, 0.29) is 22.6 Å².